The van der Waals surface area contributed by atoms with E-state index in [1.165, 1.54) is 57.3 Å². The third-order valence-corrected chi connectivity index (χ3v) is 5.16. The summed E-state index contributed by atoms with van der Waals surface area (Å²) in [6.45, 7) is 4.77. The first-order chi connectivity index (χ1) is 9.76. The highest BCUT2D eigenvalue weighted by atomic mass is 15.1. The van der Waals surface area contributed by atoms with E-state index in [-0.39, 0.29) is 0 Å². The van der Waals surface area contributed by atoms with Crippen LogP contribution in [0.3, 0.4) is 0 Å². The van der Waals surface area contributed by atoms with Gasteiger partial charge in [0.1, 0.15) is 0 Å². The fourth-order valence-corrected chi connectivity index (χ4v) is 3.79. The quantitative estimate of drug-likeness (QED) is 0.904. The van der Waals surface area contributed by atoms with Crippen LogP contribution in [0, 0.1) is 5.92 Å². The van der Waals surface area contributed by atoms with Gasteiger partial charge in [-0.25, -0.2) is 0 Å². The van der Waals surface area contributed by atoms with E-state index >= 15 is 0 Å². The van der Waals surface area contributed by atoms with Gasteiger partial charge in [-0.1, -0.05) is 6.07 Å². The van der Waals surface area contributed by atoms with Crippen molar-refractivity contribution in [1.82, 2.24) is 5.32 Å². The molecule has 0 saturated carbocycles. The van der Waals surface area contributed by atoms with E-state index < -0.39 is 0 Å². The van der Waals surface area contributed by atoms with Gasteiger partial charge < -0.3 is 10.2 Å². The zero-order valence-corrected chi connectivity index (χ0v) is 13.0. The number of rotatable bonds is 4. The third-order valence-electron chi connectivity index (χ3n) is 5.16. The van der Waals surface area contributed by atoms with Crippen molar-refractivity contribution in [2.45, 2.75) is 51.5 Å². The average molecular weight is 272 g/mol. The van der Waals surface area contributed by atoms with Gasteiger partial charge in [-0.05, 0) is 81.7 Å². The van der Waals surface area contributed by atoms with Crippen molar-refractivity contribution in [2.24, 2.45) is 5.92 Å². The Kier molecular flexibility index (Phi) is 4.30. The molecule has 2 aliphatic rings. The molecule has 2 unspecified atom stereocenters. The fourth-order valence-electron chi connectivity index (χ4n) is 3.79. The SMILES string of the molecule is CNC(C)CC1CCN(c2ccc3c(c2)CCCC3)C1. The van der Waals surface area contributed by atoms with Gasteiger partial charge in [0.15, 0.2) is 0 Å². The third kappa shape index (κ3) is 3.01. The zero-order valence-electron chi connectivity index (χ0n) is 13.0. The van der Waals surface area contributed by atoms with Crippen LogP contribution >= 0.6 is 0 Å². The van der Waals surface area contributed by atoms with Gasteiger partial charge in [-0.3, -0.25) is 0 Å². The lowest BCUT2D eigenvalue weighted by atomic mass is 9.91. The summed E-state index contributed by atoms with van der Waals surface area (Å²) in [5, 5.41) is 3.37. The van der Waals surface area contributed by atoms with Crippen LogP contribution in [0.2, 0.25) is 0 Å². The van der Waals surface area contributed by atoms with Gasteiger partial charge in [0.05, 0.1) is 0 Å². The van der Waals surface area contributed by atoms with Crippen LogP contribution in [0.15, 0.2) is 18.2 Å². The number of benzene rings is 1. The first-order valence-corrected chi connectivity index (χ1v) is 8.30. The summed E-state index contributed by atoms with van der Waals surface area (Å²) in [4.78, 5) is 2.60. The Hall–Kier alpha value is -1.02. The Morgan fingerprint density at radius 3 is 2.85 bits per heavy atom. The summed E-state index contributed by atoms with van der Waals surface area (Å²) in [6, 6.07) is 7.85. The van der Waals surface area contributed by atoms with Crippen LogP contribution in [-0.4, -0.2) is 26.2 Å². The second-order valence-corrected chi connectivity index (χ2v) is 6.69. The lowest BCUT2D eigenvalue weighted by Crippen LogP contribution is -2.26. The van der Waals surface area contributed by atoms with Gasteiger partial charge in [-0.2, -0.15) is 0 Å². The number of nitrogens with one attached hydrogen (secondary N) is 1. The largest absolute Gasteiger partial charge is 0.371 e. The van der Waals surface area contributed by atoms with Gasteiger partial charge in [0.25, 0.3) is 0 Å². The van der Waals surface area contributed by atoms with Gasteiger partial charge in [0.2, 0.25) is 0 Å². The Morgan fingerprint density at radius 2 is 2.05 bits per heavy atom. The summed E-state index contributed by atoms with van der Waals surface area (Å²) >= 11 is 0. The topological polar surface area (TPSA) is 15.3 Å². The van der Waals surface area contributed by atoms with Crippen molar-refractivity contribution < 1.29 is 0 Å². The molecular weight excluding hydrogens is 244 g/mol. The fraction of sp³-hybridized carbons (Fsp3) is 0.667. The van der Waals surface area contributed by atoms with E-state index in [0.717, 1.165) is 5.92 Å². The molecule has 0 bridgehead atoms. The molecule has 1 aliphatic heterocycles. The van der Waals surface area contributed by atoms with Crippen molar-refractivity contribution in [2.75, 3.05) is 25.0 Å². The first-order valence-electron chi connectivity index (χ1n) is 8.30. The smallest absolute Gasteiger partial charge is 0.0369 e. The summed E-state index contributed by atoms with van der Waals surface area (Å²) < 4.78 is 0. The van der Waals surface area contributed by atoms with E-state index in [2.05, 4.69) is 42.4 Å². The maximum atomic E-state index is 3.37. The molecule has 1 aliphatic carbocycles. The molecule has 0 amide bonds. The standard InChI is InChI=1S/C18H28N2/c1-14(19-2)11-15-9-10-20(13-15)18-8-7-16-5-3-4-6-17(16)12-18/h7-8,12,14-15,19H,3-6,9-11,13H2,1-2H3. The summed E-state index contributed by atoms with van der Waals surface area (Å²) in [5.41, 5.74) is 4.67. The number of nitrogens with zero attached hydrogens (tertiary/aromatic N) is 1. The normalized spacial score (nSPS) is 23.7. The van der Waals surface area contributed by atoms with Gasteiger partial charge >= 0.3 is 0 Å². The van der Waals surface area contributed by atoms with Crippen LogP contribution in [0.1, 0.15) is 43.7 Å². The Morgan fingerprint density at radius 1 is 1.25 bits per heavy atom. The Labute approximate surface area is 123 Å². The van der Waals surface area contributed by atoms with Crippen LogP contribution in [0.25, 0.3) is 0 Å². The van der Waals surface area contributed by atoms with Crippen LogP contribution in [-0.2, 0) is 12.8 Å². The van der Waals surface area contributed by atoms with Crippen LogP contribution < -0.4 is 10.2 Å². The van der Waals surface area contributed by atoms with E-state index in [1.807, 2.05) is 0 Å². The Balaban J connectivity index is 1.65. The molecule has 1 saturated heterocycles. The van der Waals surface area contributed by atoms with E-state index in [4.69, 9.17) is 0 Å². The maximum absolute atomic E-state index is 3.37. The minimum absolute atomic E-state index is 0.642. The predicted molar refractivity (Wildman–Crippen MR) is 86.5 cm³/mol. The predicted octanol–water partition coefficient (Wildman–Crippen LogP) is 3.39. The van der Waals surface area contributed by atoms with Crippen molar-refractivity contribution >= 4 is 5.69 Å². The van der Waals surface area contributed by atoms with E-state index in [1.54, 1.807) is 11.1 Å². The second-order valence-electron chi connectivity index (χ2n) is 6.69. The van der Waals surface area contributed by atoms with Crippen molar-refractivity contribution in [3.8, 4) is 0 Å². The minimum atomic E-state index is 0.642. The summed E-state index contributed by atoms with van der Waals surface area (Å²) in [7, 11) is 2.07. The first kappa shape index (κ1) is 13.9. The van der Waals surface area contributed by atoms with E-state index in [0.29, 0.717) is 6.04 Å². The molecule has 0 radical (unpaired) electrons. The van der Waals surface area contributed by atoms with Crippen molar-refractivity contribution in [3.63, 3.8) is 0 Å². The molecule has 1 N–H and O–H groups in total. The molecule has 1 heterocycles. The summed E-state index contributed by atoms with van der Waals surface area (Å²) in [6.07, 6.45) is 7.98. The number of hydrogen-bond acceptors (Lipinski definition) is 2. The lowest BCUT2D eigenvalue weighted by molar-refractivity contribution is 0.444. The van der Waals surface area contributed by atoms with Crippen LogP contribution in [0.4, 0.5) is 5.69 Å². The highest BCUT2D eigenvalue weighted by Gasteiger charge is 2.24. The molecule has 110 valence electrons. The minimum Gasteiger partial charge on any atom is -0.371 e. The van der Waals surface area contributed by atoms with Crippen molar-refractivity contribution in [3.05, 3.63) is 29.3 Å². The molecule has 1 fully saturated rings. The second kappa shape index (κ2) is 6.17. The molecule has 2 heteroatoms. The zero-order chi connectivity index (χ0) is 13.9. The lowest BCUT2D eigenvalue weighted by Gasteiger charge is -2.23. The number of anilines is 1. The molecule has 1 aromatic rings. The highest BCUT2D eigenvalue weighted by Crippen LogP contribution is 2.30. The highest BCUT2D eigenvalue weighted by molar-refractivity contribution is 5.52. The molecule has 0 spiro atoms. The number of fused-ring (bicyclic) bond motifs is 1. The van der Waals surface area contributed by atoms with Crippen molar-refractivity contribution in [1.29, 1.82) is 0 Å². The maximum Gasteiger partial charge on any atom is 0.0369 e. The number of aryl methyl sites for hydroxylation is 2. The van der Waals surface area contributed by atoms with Gasteiger partial charge in [0, 0.05) is 24.8 Å². The average Bonchev–Trinajstić information content (AvgIpc) is 2.95. The number of hydrogen-bond donors (Lipinski definition) is 1. The molecule has 20 heavy (non-hydrogen) atoms. The monoisotopic (exact) mass is 272 g/mol. The summed E-state index contributed by atoms with van der Waals surface area (Å²) in [5.74, 6) is 0.855. The molecule has 0 aromatic heterocycles. The van der Waals surface area contributed by atoms with E-state index in [9.17, 15) is 0 Å². The molecule has 3 rings (SSSR count). The molecular formula is C18H28N2. The Bertz CT molecular complexity index is 455. The van der Waals surface area contributed by atoms with Crippen LogP contribution in [0.5, 0.6) is 0 Å². The molecule has 1 aromatic carbocycles. The molecule has 2 atom stereocenters. The van der Waals surface area contributed by atoms with Gasteiger partial charge in [-0.15, -0.1) is 0 Å². The molecule has 2 nitrogen and oxygen atoms in total.